The Bertz CT molecular complexity index is 976. The summed E-state index contributed by atoms with van der Waals surface area (Å²) in [5, 5.41) is 3.64. The van der Waals surface area contributed by atoms with Crippen molar-refractivity contribution in [3.63, 3.8) is 0 Å². The lowest BCUT2D eigenvalue weighted by Gasteiger charge is -2.15. The Morgan fingerprint density at radius 1 is 1.13 bits per heavy atom. The van der Waals surface area contributed by atoms with Crippen molar-refractivity contribution in [1.82, 2.24) is 10.3 Å². The lowest BCUT2D eigenvalue weighted by molar-refractivity contribution is 0.282. The van der Waals surface area contributed by atoms with E-state index in [0.717, 1.165) is 10.0 Å². The summed E-state index contributed by atoms with van der Waals surface area (Å²) in [5.41, 5.74) is 1.70. The van der Waals surface area contributed by atoms with E-state index in [1.165, 1.54) is 12.1 Å². The minimum absolute atomic E-state index is 0.191. The predicted molar refractivity (Wildman–Crippen MR) is 118 cm³/mol. The first-order valence-corrected chi connectivity index (χ1v) is 10.4. The summed E-state index contributed by atoms with van der Waals surface area (Å²) in [6.45, 7) is 1.99. The number of aromatic nitrogens is 1. The fourth-order valence-corrected chi connectivity index (χ4v) is 3.52. The molecule has 0 bridgehead atoms. The third-order valence-corrected chi connectivity index (χ3v) is 5.11. The molecule has 0 radical (unpaired) electrons. The molecular formula is C22H21BrClFN2O3. The highest BCUT2D eigenvalue weighted by molar-refractivity contribution is 9.10. The van der Waals surface area contributed by atoms with Gasteiger partial charge in [-0.3, -0.25) is 0 Å². The molecule has 3 rings (SSSR count). The molecule has 158 valence electrons. The van der Waals surface area contributed by atoms with Crippen LogP contribution in [0.2, 0.25) is 5.02 Å². The van der Waals surface area contributed by atoms with Crippen LogP contribution in [-0.2, 0) is 13.2 Å². The third-order valence-electron chi connectivity index (χ3n) is 4.17. The third kappa shape index (κ3) is 6.32. The molecule has 1 heterocycles. The number of hydrogen-bond donors (Lipinski definition) is 1. The van der Waals surface area contributed by atoms with Gasteiger partial charge in [0.05, 0.1) is 16.6 Å². The Kier molecular flexibility index (Phi) is 8.30. The van der Waals surface area contributed by atoms with Gasteiger partial charge in [0, 0.05) is 30.9 Å². The Hall–Kier alpha value is -2.35. The highest BCUT2D eigenvalue weighted by Crippen LogP contribution is 2.37. The van der Waals surface area contributed by atoms with Crippen molar-refractivity contribution in [2.24, 2.45) is 0 Å². The zero-order valence-corrected chi connectivity index (χ0v) is 18.7. The molecule has 0 amide bonds. The smallest absolute Gasteiger partial charge is 0.213 e. The number of hydrogen-bond acceptors (Lipinski definition) is 5. The van der Waals surface area contributed by atoms with Crippen LogP contribution >= 0.6 is 27.5 Å². The molecule has 0 spiro atoms. The van der Waals surface area contributed by atoms with Crippen LogP contribution in [0.25, 0.3) is 0 Å². The summed E-state index contributed by atoms with van der Waals surface area (Å²) in [4.78, 5) is 4.11. The van der Waals surface area contributed by atoms with Crippen molar-refractivity contribution in [3.05, 3.63) is 81.2 Å². The first-order chi connectivity index (χ1) is 14.6. The van der Waals surface area contributed by atoms with Gasteiger partial charge in [-0.05, 0) is 51.8 Å². The first-order valence-electron chi connectivity index (χ1n) is 9.24. The van der Waals surface area contributed by atoms with Crippen molar-refractivity contribution < 1.29 is 18.6 Å². The molecule has 0 saturated heterocycles. The molecule has 0 unspecified atom stereocenters. The second kappa shape index (κ2) is 11.2. The fraction of sp³-hybridized carbons (Fsp3) is 0.227. The minimum atomic E-state index is -0.384. The lowest BCUT2D eigenvalue weighted by atomic mass is 10.2. The summed E-state index contributed by atoms with van der Waals surface area (Å²) in [6.07, 6.45) is 1.69. The molecule has 3 aromatic rings. The van der Waals surface area contributed by atoms with Crippen molar-refractivity contribution in [2.45, 2.75) is 13.2 Å². The largest absolute Gasteiger partial charge is 0.493 e. The van der Waals surface area contributed by atoms with Gasteiger partial charge in [-0.25, -0.2) is 9.37 Å². The van der Waals surface area contributed by atoms with E-state index in [1.807, 2.05) is 30.3 Å². The van der Waals surface area contributed by atoms with Gasteiger partial charge in [0.25, 0.3) is 0 Å². The van der Waals surface area contributed by atoms with Crippen LogP contribution in [0, 0.1) is 5.82 Å². The van der Waals surface area contributed by atoms with Gasteiger partial charge < -0.3 is 19.5 Å². The van der Waals surface area contributed by atoms with E-state index in [2.05, 4.69) is 26.2 Å². The summed E-state index contributed by atoms with van der Waals surface area (Å²) >= 11 is 9.61. The number of methoxy groups -OCH3 is 1. The zero-order chi connectivity index (χ0) is 21.3. The van der Waals surface area contributed by atoms with Gasteiger partial charge in [0.1, 0.15) is 19.0 Å². The molecule has 8 heteroatoms. The Labute approximate surface area is 188 Å². The maximum Gasteiger partial charge on any atom is 0.213 e. The van der Waals surface area contributed by atoms with Crippen molar-refractivity contribution >= 4 is 27.5 Å². The molecule has 0 aliphatic rings. The van der Waals surface area contributed by atoms with Crippen molar-refractivity contribution in [3.8, 4) is 17.4 Å². The molecule has 5 nitrogen and oxygen atoms in total. The van der Waals surface area contributed by atoms with Gasteiger partial charge >= 0.3 is 0 Å². The van der Waals surface area contributed by atoms with Crippen molar-refractivity contribution in [2.75, 3.05) is 20.3 Å². The van der Waals surface area contributed by atoms with Crippen LogP contribution in [0.4, 0.5) is 4.39 Å². The van der Waals surface area contributed by atoms with Crippen LogP contribution < -0.4 is 19.5 Å². The van der Waals surface area contributed by atoms with Gasteiger partial charge in [0.15, 0.2) is 11.5 Å². The van der Waals surface area contributed by atoms with Crippen LogP contribution in [-0.4, -0.2) is 25.2 Å². The highest BCUT2D eigenvalue weighted by Gasteiger charge is 2.13. The number of nitrogens with zero attached hydrogens (tertiary/aromatic N) is 1. The molecular weight excluding hydrogens is 475 g/mol. The topological polar surface area (TPSA) is 52.6 Å². The SMILES string of the molecule is COc1cc(CNCCOc2ccccn2)cc(Br)c1OCc1ccc(F)cc1Cl. The average Bonchev–Trinajstić information content (AvgIpc) is 2.74. The van der Waals surface area contributed by atoms with Crippen LogP contribution in [0.15, 0.2) is 59.2 Å². The fourth-order valence-electron chi connectivity index (χ4n) is 2.70. The van der Waals surface area contributed by atoms with Crippen molar-refractivity contribution in [1.29, 1.82) is 0 Å². The van der Waals surface area contributed by atoms with E-state index in [4.69, 9.17) is 25.8 Å². The lowest BCUT2D eigenvalue weighted by Crippen LogP contribution is -2.20. The molecule has 0 saturated carbocycles. The van der Waals surface area contributed by atoms with Crippen LogP contribution in [0.1, 0.15) is 11.1 Å². The van der Waals surface area contributed by atoms with E-state index < -0.39 is 0 Å². The van der Waals surface area contributed by atoms with E-state index in [1.54, 1.807) is 19.4 Å². The van der Waals surface area contributed by atoms with Gasteiger partial charge in [-0.2, -0.15) is 0 Å². The summed E-state index contributed by atoms with van der Waals surface area (Å²) in [5.74, 6) is 1.36. The number of rotatable bonds is 10. The summed E-state index contributed by atoms with van der Waals surface area (Å²) in [7, 11) is 1.58. The molecule has 2 aromatic carbocycles. The quantitative estimate of drug-likeness (QED) is 0.382. The summed E-state index contributed by atoms with van der Waals surface area (Å²) < 4.78 is 30.9. The maximum absolute atomic E-state index is 13.2. The molecule has 0 fully saturated rings. The zero-order valence-electron chi connectivity index (χ0n) is 16.3. The number of pyridine rings is 1. The number of halogens is 3. The van der Waals surface area contributed by atoms with Gasteiger partial charge in [-0.15, -0.1) is 0 Å². The van der Waals surface area contributed by atoms with E-state index >= 15 is 0 Å². The molecule has 0 atom stereocenters. The predicted octanol–water partition coefficient (Wildman–Crippen LogP) is 5.39. The molecule has 1 aromatic heterocycles. The molecule has 0 aliphatic carbocycles. The number of ether oxygens (including phenoxy) is 3. The normalized spacial score (nSPS) is 10.7. The Morgan fingerprint density at radius 3 is 2.73 bits per heavy atom. The highest BCUT2D eigenvalue weighted by atomic mass is 79.9. The second-order valence-electron chi connectivity index (χ2n) is 6.33. The van der Waals surface area contributed by atoms with E-state index in [-0.39, 0.29) is 12.4 Å². The van der Waals surface area contributed by atoms with Gasteiger partial charge in [-0.1, -0.05) is 23.7 Å². The standard InChI is InChI=1S/C22H21BrClFN2O3/c1-28-20-11-15(13-26-8-9-29-21-4-2-3-7-27-21)10-18(23)22(20)30-14-16-5-6-17(25)12-19(16)24/h2-7,10-12,26H,8-9,13-14H2,1H3. The van der Waals surface area contributed by atoms with Crippen LogP contribution in [0.3, 0.4) is 0 Å². The van der Waals surface area contributed by atoms with E-state index in [0.29, 0.717) is 47.7 Å². The number of benzene rings is 2. The molecule has 1 N–H and O–H groups in total. The van der Waals surface area contributed by atoms with E-state index in [9.17, 15) is 4.39 Å². The minimum Gasteiger partial charge on any atom is -0.493 e. The summed E-state index contributed by atoms with van der Waals surface area (Å²) in [6, 6.07) is 13.6. The Balaban J connectivity index is 1.55. The second-order valence-corrected chi connectivity index (χ2v) is 7.59. The Morgan fingerprint density at radius 2 is 2.00 bits per heavy atom. The van der Waals surface area contributed by atoms with Crippen LogP contribution in [0.5, 0.6) is 17.4 Å². The van der Waals surface area contributed by atoms with Gasteiger partial charge in [0.2, 0.25) is 5.88 Å². The maximum atomic E-state index is 13.2. The monoisotopic (exact) mass is 494 g/mol. The average molecular weight is 496 g/mol. The molecule has 0 aliphatic heterocycles. The number of nitrogens with one attached hydrogen (secondary N) is 1. The first kappa shape index (κ1) is 22.3. The molecule has 30 heavy (non-hydrogen) atoms.